The van der Waals surface area contributed by atoms with Crippen LogP contribution in [0, 0.1) is 0 Å². The number of nitrogens with zero attached hydrogens (tertiary/aromatic N) is 2. The van der Waals surface area contributed by atoms with Crippen LogP contribution in [0.5, 0.6) is 0 Å². The molecule has 0 atom stereocenters. The highest BCUT2D eigenvalue weighted by Gasteiger charge is 2.17. The molecule has 0 fully saturated rings. The lowest BCUT2D eigenvalue weighted by molar-refractivity contribution is 0.103. The van der Waals surface area contributed by atoms with Gasteiger partial charge < -0.3 is 0 Å². The summed E-state index contributed by atoms with van der Waals surface area (Å²) in [5.74, 6) is 0.00809. The monoisotopic (exact) mass is 440 g/mol. The molecule has 0 radical (unpaired) electrons. The SMILES string of the molecule is O=C(c1cccc(-c2nccc3c2CCCC3)c1)c1cccc(-c2nccc3ccccc23)c1. The van der Waals surface area contributed by atoms with Gasteiger partial charge in [-0.1, -0.05) is 60.7 Å². The minimum absolute atomic E-state index is 0.00809. The Labute approximate surface area is 199 Å². The second-order valence-corrected chi connectivity index (χ2v) is 8.88. The molecule has 0 aliphatic heterocycles. The van der Waals surface area contributed by atoms with Gasteiger partial charge in [-0.05, 0) is 66.5 Å². The van der Waals surface area contributed by atoms with Crippen LogP contribution in [0.4, 0.5) is 0 Å². The number of carbonyl (C=O) groups is 1. The summed E-state index contributed by atoms with van der Waals surface area (Å²) in [4.78, 5) is 22.8. The summed E-state index contributed by atoms with van der Waals surface area (Å²) in [6, 6.07) is 28.0. The van der Waals surface area contributed by atoms with Gasteiger partial charge in [0.05, 0.1) is 11.4 Å². The van der Waals surface area contributed by atoms with E-state index in [1.165, 1.54) is 24.0 Å². The van der Waals surface area contributed by atoms with E-state index in [0.29, 0.717) is 11.1 Å². The number of rotatable bonds is 4. The number of hydrogen-bond acceptors (Lipinski definition) is 3. The minimum atomic E-state index is 0.00809. The Morgan fingerprint density at radius 2 is 1.32 bits per heavy atom. The molecule has 0 spiro atoms. The van der Waals surface area contributed by atoms with Crippen molar-refractivity contribution < 1.29 is 4.79 Å². The maximum absolute atomic E-state index is 13.5. The average molecular weight is 441 g/mol. The average Bonchev–Trinajstić information content (AvgIpc) is 2.92. The van der Waals surface area contributed by atoms with Gasteiger partial charge in [0.2, 0.25) is 0 Å². The van der Waals surface area contributed by atoms with Gasteiger partial charge in [0.15, 0.2) is 5.78 Å². The molecule has 0 amide bonds. The smallest absolute Gasteiger partial charge is 0.193 e. The van der Waals surface area contributed by atoms with E-state index in [9.17, 15) is 4.79 Å². The number of carbonyl (C=O) groups excluding carboxylic acids is 1. The summed E-state index contributed by atoms with van der Waals surface area (Å²) in [6.45, 7) is 0. The minimum Gasteiger partial charge on any atom is -0.289 e. The van der Waals surface area contributed by atoms with Crippen molar-refractivity contribution in [1.29, 1.82) is 0 Å². The predicted octanol–water partition coefficient (Wildman–Crippen LogP) is 7.07. The van der Waals surface area contributed by atoms with Crippen molar-refractivity contribution in [3.05, 3.63) is 120 Å². The third-order valence-corrected chi connectivity index (χ3v) is 6.75. The molecule has 2 heterocycles. The number of aromatic nitrogens is 2. The van der Waals surface area contributed by atoms with Crippen molar-refractivity contribution in [2.45, 2.75) is 25.7 Å². The molecule has 0 unspecified atom stereocenters. The first-order chi connectivity index (χ1) is 16.8. The standard InChI is InChI=1S/C31H24N2O/c34-31(25-11-5-9-23(19-25)29-27-13-3-1-7-21(27)15-17-32-29)26-12-6-10-24(20-26)30-28-14-4-2-8-22(28)16-18-33-30/h1,3,5-7,9-13,15-20H,2,4,8,14H2. The van der Waals surface area contributed by atoms with Crippen LogP contribution in [0.25, 0.3) is 33.3 Å². The molecule has 34 heavy (non-hydrogen) atoms. The Morgan fingerprint density at radius 1 is 0.647 bits per heavy atom. The number of pyridine rings is 2. The molecule has 2 aromatic heterocycles. The Balaban J connectivity index is 1.38. The van der Waals surface area contributed by atoms with Crippen LogP contribution in [0.15, 0.2) is 97.3 Å². The molecule has 3 heteroatoms. The van der Waals surface area contributed by atoms with Crippen LogP contribution in [-0.2, 0) is 12.8 Å². The number of aryl methyl sites for hydroxylation is 1. The number of hydrogen-bond donors (Lipinski definition) is 0. The number of ketones is 1. The van der Waals surface area contributed by atoms with Crippen molar-refractivity contribution in [3.8, 4) is 22.5 Å². The molecule has 3 nitrogen and oxygen atoms in total. The molecular weight excluding hydrogens is 416 g/mol. The lowest BCUT2D eigenvalue weighted by Gasteiger charge is -2.18. The molecule has 3 aromatic carbocycles. The van der Waals surface area contributed by atoms with E-state index in [-0.39, 0.29) is 5.78 Å². The Kier molecular flexibility index (Phi) is 5.23. The summed E-state index contributed by atoms with van der Waals surface area (Å²) in [7, 11) is 0. The van der Waals surface area contributed by atoms with Gasteiger partial charge in [-0.15, -0.1) is 0 Å². The zero-order chi connectivity index (χ0) is 22.9. The van der Waals surface area contributed by atoms with Crippen LogP contribution < -0.4 is 0 Å². The predicted molar refractivity (Wildman–Crippen MR) is 137 cm³/mol. The van der Waals surface area contributed by atoms with Crippen LogP contribution in [-0.4, -0.2) is 15.8 Å². The van der Waals surface area contributed by atoms with Crippen molar-refractivity contribution in [2.75, 3.05) is 0 Å². The molecule has 0 saturated carbocycles. The second kappa shape index (κ2) is 8.68. The van der Waals surface area contributed by atoms with Gasteiger partial charge in [0.1, 0.15) is 0 Å². The van der Waals surface area contributed by atoms with E-state index >= 15 is 0 Å². The van der Waals surface area contributed by atoms with Crippen molar-refractivity contribution in [1.82, 2.24) is 9.97 Å². The Morgan fingerprint density at radius 3 is 2.15 bits per heavy atom. The van der Waals surface area contributed by atoms with Gasteiger partial charge in [-0.2, -0.15) is 0 Å². The third-order valence-electron chi connectivity index (χ3n) is 6.75. The summed E-state index contributed by atoms with van der Waals surface area (Å²) >= 11 is 0. The summed E-state index contributed by atoms with van der Waals surface area (Å²) in [6.07, 6.45) is 8.31. The first kappa shape index (κ1) is 20.5. The molecule has 0 saturated heterocycles. The van der Waals surface area contributed by atoms with Crippen LogP contribution in [0.3, 0.4) is 0 Å². The fourth-order valence-corrected chi connectivity index (χ4v) is 5.04. The topological polar surface area (TPSA) is 42.9 Å². The number of fused-ring (bicyclic) bond motifs is 2. The molecule has 5 aromatic rings. The lowest BCUT2D eigenvalue weighted by atomic mass is 9.88. The van der Waals surface area contributed by atoms with Gasteiger partial charge in [-0.25, -0.2) is 0 Å². The molecule has 1 aliphatic rings. The highest BCUT2D eigenvalue weighted by Crippen LogP contribution is 2.31. The van der Waals surface area contributed by atoms with Crippen molar-refractivity contribution in [2.24, 2.45) is 0 Å². The van der Waals surface area contributed by atoms with E-state index in [4.69, 9.17) is 4.98 Å². The van der Waals surface area contributed by atoms with E-state index < -0.39 is 0 Å². The van der Waals surface area contributed by atoms with Crippen molar-refractivity contribution in [3.63, 3.8) is 0 Å². The van der Waals surface area contributed by atoms with E-state index in [0.717, 1.165) is 46.1 Å². The summed E-state index contributed by atoms with van der Waals surface area (Å²) in [5.41, 5.74) is 7.92. The summed E-state index contributed by atoms with van der Waals surface area (Å²) in [5, 5.41) is 2.21. The Bertz CT molecular complexity index is 1530. The zero-order valence-electron chi connectivity index (χ0n) is 18.9. The first-order valence-corrected chi connectivity index (χ1v) is 11.8. The molecule has 164 valence electrons. The van der Waals surface area contributed by atoms with Gasteiger partial charge in [0.25, 0.3) is 0 Å². The van der Waals surface area contributed by atoms with Gasteiger partial charge >= 0.3 is 0 Å². The molecule has 1 aliphatic carbocycles. The van der Waals surface area contributed by atoms with Crippen LogP contribution in [0.2, 0.25) is 0 Å². The molecule has 0 bridgehead atoms. The van der Waals surface area contributed by atoms with Crippen molar-refractivity contribution >= 4 is 16.6 Å². The highest BCUT2D eigenvalue weighted by atomic mass is 16.1. The van der Waals surface area contributed by atoms with E-state index in [1.807, 2.05) is 73.1 Å². The quantitative estimate of drug-likeness (QED) is 0.281. The molecule has 0 N–H and O–H groups in total. The fraction of sp³-hybridized carbons (Fsp3) is 0.129. The van der Waals surface area contributed by atoms with Gasteiger partial charge in [-0.3, -0.25) is 14.8 Å². The van der Waals surface area contributed by atoms with Crippen LogP contribution >= 0.6 is 0 Å². The van der Waals surface area contributed by atoms with E-state index in [2.05, 4.69) is 29.2 Å². The normalized spacial score (nSPS) is 12.9. The lowest BCUT2D eigenvalue weighted by Crippen LogP contribution is -2.06. The number of benzene rings is 3. The fourth-order valence-electron chi connectivity index (χ4n) is 5.04. The molecule has 6 rings (SSSR count). The largest absolute Gasteiger partial charge is 0.289 e. The zero-order valence-corrected chi connectivity index (χ0v) is 18.9. The van der Waals surface area contributed by atoms with E-state index in [1.54, 1.807) is 0 Å². The van der Waals surface area contributed by atoms with Crippen LogP contribution in [0.1, 0.15) is 39.9 Å². The summed E-state index contributed by atoms with van der Waals surface area (Å²) < 4.78 is 0. The Hall–Kier alpha value is -4.11. The second-order valence-electron chi connectivity index (χ2n) is 8.88. The molecular formula is C31H24N2O. The first-order valence-electron chi connectivity index (χ1n) is 11.8. The third kappa shape index (κ3) is 3.69. The maximum Gasteiger partial charge on any atom is 0.193 e. The maximum atomic E-state index is 13.5. The van der Waals surface area contributed by atoms with Gasteiger partial charge in [0, 0.05) is 40.0 Å². The highest BCUT2D eigenvalue weighted by molar-refractivity contribution is 6.10.